The average molecular weight is 351 g/mol. The number of hydrogen-bond acceptors (Lipinski definition) is 8. The van der Waals surface area contributed by atoms with Gasteiger partial charge in [-0.3, -0.25) is 10.1 Å². The maximum Gasteiger partial charge on any atom is 0.269 e. The van der Waals surface area contributed by atoms with E-state index in [1.807, 2.05) is 13.0 Å². The molecule has 2 aromatic rings. The zero-order chi connectivity index (χ0) is 19.0. The first-order chi connectivity index (χ1) is 11.8. The summed E-state index contributed by atoms with van der Waals surface area (Å²) in [4.78, 5) is 18.6. The molecule has 0 unspecified atom stereocenters. The number of benzene rings is 2. The molecule has 0 atom stereocenters. The number of ether oxygens (including phenoxy) is 2. The molecule has 0 aliphatic carbocycles. The van der Waals surface area contributed by atoms with E-state index < -0.39 is 4.92 Å². The number of nitrogens with two attached hydrogens (primary N) is 2. The number of hydrogen-bond donors (Lipinski definition) is 2. The summed E-state index contributed by atoms with van der Waals surface area (Å²) >= 11 is 0. The summed E-state index contributed by atoms with van der Waals surface area (Å²) in [5.41, 5.74) is 7.74. The van der Waals surface area contributed by atoms with Gasteiger partial charge in [-0.05, 0) is 37.1 Å². The van der Waals surface area contributed by atoms with Crippen molar-refractivity contribution in [1.82, 2.24) is 0 Å². The molecule has 0 amide bonds. The van der Waals surface area contributed by atoms with Crippen molar-refractivity contribution in [1.29, 1.82) is 0 Å². The van der Waals surface area contributed by atoms with E-state index in [2.05, 4.69) is 4.99 Å². The summed E-state index contributed by atoms with van der Waals surface area (Å²) in [6.07, 6.45) is 0. The van der Waals surface area contributed by atoms with E-state index >= 15 is 0 Å². The number of non-ortho nitro benzene ring substituents is 1. The van der Waals surface area contributed by atoms with Crippen LogP contribution in [0.25, 0.3) is 0 Å². The SMILES string of the molecule is COc1cc(C)c(OC)c(OON)c1.Cc1cc([N+](=O)[O-])ccc1N. The maximum atomic E-state index is 10.2. The fourth-order valence-electron chi connectivity index (χ4n) is 1.98. The predicted molar refractivity (Wildman–Crippen MR) is 92.4 cm³/mol. The normalized spacial score (nSPS) is 9.64. The molecular formula is C16H21N3O6. The smallest absolute Gasteiger partial charge is 0.269 e. The number of nitrogens with zero attached hydrogens (tertiary/aromatic N) is 1. The highest BCUT2D eigenvalue weighted by Gasteiger charge is 2.11. The van der Waals surface area contributed by atoms with E-state index in [1.54, 1.807) is 20.1 Å². The molecule has 0 heterocycles. The Bertz CT molecular complexity index is 736. The molecule has 9 nitrogen and oxygen atoms in total. The lowest BCUT2D eigenvalue weighted by Crippen LogP contribution is -2.05. The zero-order valence-electron chi connectivity index (χ0n) is 14.4. The Labute approximate surface area is 145 Å². The Hall–Kier alpha value is -3.04. The minimum atomic E-state index is -0.438. The van der Waals surface area contributed by atoms with E-state index in [-0.39, 0.29) is 5.69 Å². The highest BCUT2D eigenvalue weighted by atomic mass is 17.3. The first-order valence-electron chi connectivity index (χ1n) is 7.10. The maximum absolute atomic E-state index is 10.2. The van der Waals surface area contributed by atoms with Gasteiger partial charge >= 0.3 is 0 Å². The van der Waals surface area contributed by atoms with Gasteiger partial charge in [0.25, 0.3) is 5.69 Å². The molecule has 136 valence electrons. The van der Waals surface area contributed by atoms with Crippen molar-refractivity contribution < 1.29 is 24.3 Å². The van der Waals surface area contributed by atoms with Crippen LogP contribution < -0.4 is 26.0 Å². The summed E-state index contributed by atoms with van der Waals surface area (Å²) in [7, 11) is 3.10. The van der Waals surface area contributed by atoms with E-state index in [0.717, 1.165) is 11.1 Å². The van der Waals surface area contributed by atoms with E-state index in [4.69, 9.17) is 26.0 Å². The number of aryl methyl sites for hydroxylation is 2. The van der Waals surface area contributed by atoms with Gasteiger partial charge in [0.05, 0.1) is 19.1 Å². The molecule has 0 radical (unpaired) electrons. The second-order valence-corrected chi connectivity index (χ2v) is 4.95. The van der Waals surface area contributed by atoms with Crippen molar-refractivity contribution in [3.05, 3.63) is 51.6 Å². The Morgan fingerprint density at radius 2 is 1.72 bits per heavy atom. The monoisotopic (exact) mass is 351 g/mol. The molecule has 0 aromatic heterocycles. The first kappa shape index (κ1) is 20.0. The Morgan fingerprint density at radius 3 is 2.20 bits per heavy atom. The third-order valence-corrected chi connectivity index (χ3v) is 3.26. The van der Waals surface area contributed by atoms with Gasteiger partial charge < -0.3 is 20.1 Å². The van der Waals surface area contributed by atoms with Crippen LogP contribution in [0.3, 0.4) is 0 Å². The molecule has 0 bridgehead atoms. The molecule has 2 rings (SSSR count). The van der Waals surface area contributed by atoms with Gasteiger partial charge in [0.1, 0.15) is 5.75 Å². The number of methoxy groups -OCH3 is 2. The molecule has 0 saturated carbocycles. The lowest BCUT2D eigenvalue weighted by atomic mass is 10.2. The van der Waals surface area contributed by atoms with E-state index in [0.29, 0.717) is 22.9 Å². The summed E-state index contributed by atoms with van der Waals surface area (Å²) in [5.74, 6) is 6.40. The molecule has 2 aromatic carbocycles. The fourth-order valence-corrected chi connectivity index (χ4v) is 1.98. The van der Waals surface area contributed by atoms with Crippen molar-refractivity contribution in [3.63, 3.8) is 0 Å². The van der Waals surface area contributed by atoms with Crippen LogP contribution in [-0.2, 0) is 4.99 Å². The lowest BCUT2D eigenvalue weighted by Gasteiger charge is -2.11. The third-order valence-electron chi connectivity index (χ3n) is 3.26. The minimum absolute atomic E-state index is 0.0803. The Morgan fingerprint density at radius 1 is 1.04 bits per heavy atom. The summed E-state index contributed by atoms with van der Waals surface area (Å²) in [6.45, 7) is 3.60. The summed E-state index contributed by atoms with van der Waals surface area (Å²) in [5, 5.41) is 10.2. The standard InChI is InChI=1S/C9H13NO4.C7H8N2O2/c1-6-4-7(11-2)5-8(13-14-10)9(6)12-3;1-5-4-6(9(10)11)2-3-7(5)8/h4-5H,10H2,1-3H3;2-4H,8H2,1H3. The van der Waals surface area contributed by atoms with Crippen LogP contribution in [0.5, 0.6) is 17.2 Å². The number of nitro benzene ring substituents is 1. The summed E-state index contributed by atoms with van der Waals surface area (Å²) in [6, 6.07) is 7.83. The zero-order valence-corrected chi connectivity index (χ0v) is 14.4. The van der Waals surface area contributed by atoms with Crippen LogP contribution in [0, 0.1) is 24.0 Å². The second kappa shape index (κ2) is 9.30. The van der Waals surface area contributed by atoms with Gasteiger partial charge in [0.2, 0.25) is 5.75 Å². The van der Waals surface area contributed by atoms with Crippen molar-refractivity contribution in [2.24, 2.45) is 5.90 Å². The minimum Gasteiger partial charge on any atom is -0.497 e. The van der Waals surface area contributed by atoms with Gasteiger partial charge in [0, 0.05) is 23.9 Å². The van der Waals surface area contributed by atoms with Gasteiger partial charge in [-0.2, -0.15) is 5.90 Å². The Kier molecular flexibility index (Phi) is 7.44. The van der Waals surface area contributed by atoms with E-state index in [1.165, 1.54) is 25.3 Å². The fraction of sp³-hybridized carbons (Fsp3) is 0.250. The van der Waals surface area contributed by atoms with Crippen molar-refractivity contribution in [2.45, 2.75) is 13.8 Å². The molecule has 25 heavy (non-hydrogen) atoms. The van der Waals surface area contributed by atoms with Crippen LogP contribution >= 0.6 is 0 Å². The first-order valence-corrected chi connectivity index (χ1v) is 7.10. The number of anilines is 1. The van der Waals surface area contributed by atoms with Gasteiger partial charge in [-0.15, -0.1) is 0 Å². The third kappa shape index (κ3) is 5.52. The van der Waals surface area contributed by atoms with Crippen molar-refractivity contribution in [2.75, 3.05) is 20.0 Å². The molecule has 9 heteroatoms. The molecule has 0 aliphatic rings. The lowest BCUT2D eigenvalue weighted by molar-refractivity contribution is -0.384. The average Bonchev–Trinajstić information content (AvgIpc) is 2.57. The molecular weight excluding hydrogens is 330 g/mol. The van der Waals surface area contributed by atoms with E-state index in [9.17, 15) is 10.1 Å². The number of nitrogen functional groups attached to an aromatic ring is 1. The molecule has 0 aliphatic heterocycles. The molecule has 0 saturated heterocycles. The van der Waals surface area contributed by atoms with Crippen molar-refractivity contribution >= 4 is 11.4 Å². The van der Waals surface area contributed by atoms with Crippen LogP contribution in [-0.4, -0.2) is 19.1 Å². The van der Waals surface area contributed by atoms with Gasteiger partial charge in [0.15, 0.2) is 5.75 Å². The van der Waals surface area contributed by atoms with Crippen molar-refractivity contribution in [3.8, 4) is 17.2 Å². The van der Waals surface area contributed by atoms with Gasteiger partial charge in [-0.25, -0.2) is 0 Å². The number of rotatable bonds is 5. The van der Waals surface area contributed by atoms with Crippen LogP contribution in [0.2, 0.25) is 0 Å². The highest BCUT2D eigenvalue weighted by Crippen LogP contribution is 2.35. The molecule has 0 spiro atoms. The second-order valence-electron chi connectivity index (χ2n) is 4.95. The Balaban J connectivity index is 0.000000257. The topological polar surface area (TPSA) is 132 Å². The molecule has 4 N–H and O–H groups in total. The molecule has 0 fully saturated rings. The summed E-state index contributed by atoms with van der Waals surface area (Å²) < 4.78 is 10.2. The quantitative estimate of drug-likeness (QED) is 0.364. The highest BCUT2D eigenvalue weighted by molar-refractivity contribution is 5.52. The van der Waals surface area contributed by atoms with Crippen LogP contribution in [0.1, 0.15) is 11.1 Å². The van der Waals surface area contributed by atoms with Gasteiger partial charge in [-0.1, -0.05) is 4.99 Å². The van der Waals surface area contributed by atoms with Crippen LogP contribution in [0.4, 0.5) is 11.4 Å². The largest absolute Gasteiger partial charge is 0.497 e. The van der Waals surface area contributed by atoms with Crippen LogP contribution in [0.15, 0.2) is 30.3 Å². The number of nitro groups is 1. The predicted octanol–water partition coefficient (Wildman–Crippen LogP) is 2.68.